The minimum absolute atomic E-state index is 0.0346. The Labute approximate surface area is 182 Å². The Kier molecular flexibility index (Phi) is 6.84. The molecular weight excluding hydrogens is 400 g/mol. The number of hydrogen-bond donors (Lipinski definition) is 1. The maximum Gasteiger partial charge on any atom is 0.315 e. The number of aliphatic hydroxyl groups is 1. The third kappa shape index (κ3) is 4.59. The van der Waals surface area contributed by atoms with E-state index in [0.29, 0.717) is 18.8 Å². The van der Waals surface area contributed by atoms with Gasteiger partial charge in [0.15, 0.2) is 5.78 Å². The van der Waals surface area contributed by atoms with Crippen molar-refractivity contribution in [1.82, 2.24) is 0 Å². The van der Waals surface area contributed by atoms with Crippen LogP contribution in [-0.4, -0.2) is 41.9 Å². The number of ketones is 1. The predicted molar refractivity (Wildman–Crippen MR) is 116 cm³/mol. The molecule has 1 aromatic rings. The lowest BCUT2D eigenvalue weighted by atomic mass is 9.85. The Balaban J connectivity index is 1.46. The third-order valence-electron chi connectivity index (χ3n) is 6.66. The summed E-state index contributed by atoms with van der Waals surface area (Å²) in [6, 6.07) is 5.94. The van der Waals surface area contributed by atoms with Gasteiger partial charge in [-0.3, -0.25) is 9.59 Å². The average Bonchev–Trinajstić information content (AvgIpc) is 3.26. The highest BCUT2D eigenvalue weighted by Crippen LogP contribution is 2.53. The van der Waals surface area contributed by atoms with Crippen molar-refractivity contribution < 1.29 is 24.2 Å². The van der Waals surface area contributed by atoms with Crippen LogP contribution >= 0.6 is 11.8 Å². The highest BCUT2D eigenvalue weighted by atomic mass is 32.2. The average molecular weight is 431 g/mol. The molecule has 0 saturated heterocycles. The molecule has 2 fully saturated rings. The first kappa shape index (κ1) is 21.4. The van der Waals surface area contributed by atoms with Gasteiger partial charge in [-0.25, -0.2) is 0 Å². The smallest absolute Gasteiger partial charge is 0.315 e. The molecule has 30 heavy (non-hydrogen) atoms. The van der Waals surface area contributed by atoms with Gasteiger partial charge in [0.2, 0.25) is 0 Å². The van der Waals surface area contributed by atoms with E-state index in [-0.39, 0.29) is 35.4 Å². The largest absolute Gasteiger partial charge is 0.488 e. The van der Waals surface area contributed by atoms with Gasteiger partial charge in [0, 0.05) is 30.2 Å². The Hall–Kier alpha value is -1.79. The Morgan fingerprint density at radius 2 is 2.07 bits per heavy atom. The van der Waals surface area contributed by atoms with Crippen LogP contribution in [0.25, 0.3) is 0 Å². The second-order valence-electron chi connectivity index (χ2n) is 8.64. The second-order valence-corrected chi connectivity index (χ2v) is 9.65. The van der Waals surface area contributed by atoms with E-state index in [2.05, 4.69) is 0 Å². The molecule has 5 nitrogen and oxygen atoms in total. The van der Waals surface area contributed by atoms with Crippen LogP contribution in [0.2, 0.25) is 0 Å². The molecule has 4 rings (SSSR count). The van der Waals surface area contributed by atoms with Crippen LogP contribution in [0.5, 0.6) is 5.75 Å². The number of rotatable bonds is 7. The number of carbonyl (C=O) groups excluding carboxylic acids is 2. The molecule has 0 amide bonds. The van der Waals surface area contributed by atoms with Gasteiger partial charge in [-0.1, -0.05) is 50.3 Å². The fourth-order valence-corrected chi connectivity index (χ4v) is 6.01. The number of esters is 1. The third-order valence-corrected chi connectivity index (χ3v) is 7.68. The van der Waals surface area contributed by atoms with E-state index in [1.165, 1.54) is 38.1 Å². The molecule has 1 N–H and O–H groups in total. The molecule has 4 atom stereocenters. The highest BCUT2D eigenvalue weighted by molar-refractivity contribution is 8.00. The first-order valence-corrected chi connectivity index (χ1v) is 11.9. The monoisotopic (exact) mass is 430 g/mol. The maximum atomic E-state index is 12.5. The van der Waals surface area contributed by atoms with Gasteiger partial charge in [-0.15, -0.1) is 11.8 Å². The van der Waals surface area contributed by atoms with E-state index >= 15 is 0 Å². The number of allylic oxidation sites excluding steroid dienone is 1. The number of aliphatic hydroxyl groups excluding tert-OH is 1. The number of methoxy groups -OCH3 is 1. The number of fused-ring (bicyclic) bond motifs is 3. The molecular formula is C24H30O5S. The summed E-state index contributed by atoms with van der Waals surface area (Å²) in [5.41, 5.74) is 1.06. The summed E-state index contributed by atoms with van der Waals surface area (Å²) >= 11 is 1.40. The summed E-state index contributed by atoms with van der Waals surface area (Å²) in [6.45, 7) is 0. The first-order chi connectivity index (χ1) is 14.6. The molecule has 1 heterocycles. The topological polar surface area (TPSA) is 72.8 Å². The van der Waals surface area contributed by atoms with E-state index in [0.717, 1.165) is 29.1 Å². The van der Waals surface area contributed by atoms with E-state index < -0.39 is 6.10 Å². The molecule has 0 aromatic heterocycles. The standard InChI is InChI=1S/C24H30O5S/c1-28-22(27)14-30-21-9-5-8-18-23-17(19(26)13-20(23)29-24(18)21)11-10-16(25)12-15-6-3-2-4-7-15/h5,8-11,15,17,19-20,23,26H,2-4,6-7,12-14H2,1H3/b11-10+/t17-,19+,20-,23-/m0/s1. The lowest BCUT2D eigenvalue weighted by molar-refractivity contribution is -0.137. The minimum Gasteiger partial charge on any atom is -0.488 e. The van der Waals surface area contributed by atoms with Gasteiger partial charge in [-0.2, -0.15) is 0 Å². The Morgan fingerprint density at radius 3 is 2.83 bits per heavy atom. The van der Waals surface area contributed by atoms with Crippen LogP contribution in [0, 0.1) is 11.8 Å². The zero-order valence-electron chi connectivity index (χ0n) is 17.4. The van der Waals surface area contributed by atoms with Gasteiger partial charge >= 0.3 is 5.97 Å². The van der Waals surface area contributed by atoms with Crippen molar-refractivity contribution in [3.63, 3.8) is 0 Å². The number of thioether (sulfide) groups is 1. The first-order valence-electron chi connectivity index (χ1n) is 10.9. The van der Waals surface area contributed by atoms with E-state index in [1.54, 1.807) is 6.08 Å². The molecule has 0 bridgehead atoms. The van der Waals surface area contributed by atoms with Crippen LogP contribution in [0.3, 0.4) is 0 Å². The summed E-state index contributed by atoms with van der Waals surface area (Å²) < 4.78 is 10.9. The van der Waals surface area contributed by atoms with Crippen molar-refractivity contribution in [3.05, 3.63) is 35.9 Å². The van der Waals surface area contributed by atoms with E-state index in [4.69, 9.17) is 9.47 Å². The highest BCUT2D eigenvalue weighted by Gasteiger charge is 2.49. The quantitative estimate of drug-likeness (QED) is 0.396. The summed E-state index contributed by atoms with van der Waals surface area (Å²) in [6.07, 6.45) is 10.2. The van der Waals surface area contributed by atoms with Crippen LogP contribution in [0.4, 0.5) is 0 Å². The molecule has 162 valence electrons. The SMILES string of the molecule is COC(=O)CSc1cccc2c1O[C@H]1C[C@@H](O)[C@H](/C=C/C(=O)CC3CCCCC3)[C@@H]21. The maximum absolute atomic E-state index is 12.5. The van der Waals surface area contributed by atoms with Crippen LogP contribution in [0.1, 0.15) is 56.4 Å². The number of hydrogen-bond acceptors (Lipinski definition) is 6. The molecule has 0 radical (unpaired) electrons. The minimum atomic E-state index is -0.516. The molecule has 1 aliphatic heterocycles. The second kappa shape index (κ2) is 9.56. The zero-order valence-corrected chi connectivity index (χ0v) is 18.2. The van der Waals surface area contributed by atoms with Crippen molar-refractivity contribution in [2.45, 2.75) is 68.0 Å². The molecule has 6 heteroatoms. The van der Waals surface area contributed by atoms with E-state index in [1.807, 2.05) is 24.3 Å². The zero-order chi connectivity index (χ0) is 21.1. The predicted octanol–water partition coefficient (Wildman–Crippen LogP) is 4.27. The van der Waals surface area contributed by atoms with Crippen molar-refractivity contribution in [1.29, 1.82) is 0 Å². The molecule has 1 aromatic carbocycles. The molecule has 3 aliphatic rings. The summed E-state index contributed by atoms with van der Waals surface area (Å²) in [4.78, 5) is 24.9. The Morgan fingerprint density at radius 1 is 1.27 bits per heavy atom. The lowest BCUT2D eigenvalue weighted by Crippen LogP contribution is -2.17. The van der Waals surface area contributed by atoms with Crippen LogP contribution in [0.15, 0.2) is 35.2 Å². The fourth-order valence-electron chi connectivity index (χ4n) is 5.15. The summed E-state index contributed by atoms with van der Waals surface area (Å²) in [5, 5.41) is 10.6. The summed E-state index contributed by atoms with van der Waals surface area (Å²) in [7, 11) is 1.38. The van der Waals surface area contributed by atoms with Crippen molar-refractivity contribution >= 4 is 23.5 Å². The van der Waals surface area contributed by atoms with Crippen LogP contribution in [-0.2, 0) is 14.3 Å². The number of ether oxygens (including phenoxy) is 2. The summed E-state index contributed by atoms with van der Waals surface area (Å²) in [5.74, 6) is 1.34. The van der Waals surface area contributed by atoms with Crippen molar-refractivity contribution in [2.75, 3.05) is 12.9 Å². The molecule has 2 aliphatic carbocycles. The number of benzene rings is 1. The Bertz CT molecular complexity index is 814. The molecule has 0 spiro atoms. The van der Waals surface area contributed by atoms with Gasteiger partial charge < -0.3 is 14.6 Å². The van der Waals surface area contributed by atoms with Gasteiger partial charge in [0.05, 0.1) is 23.9 Å². The number of carbonyl (C=O) groups is 2. The van der Waals surface area contributed by atoms with Crippen molar-refractivity contribution in [3.8, 4) is 5.75 Å². The lowest BCUT2D eigenvalue weighted by Gasteiger charge is -2.20. The van der Waals surface area contributed by atoms with E-state index in [9.17, 15) is 14.7 Å². The molecule has 0 unspecified atom stereocenters. The van der Waals surface area contributed by atoms with Gasteiger partial charge in [-0.05, 0) is 18.1 Å². The van der Waals surface area contributed by atoms with Gasteiger partial charge in [0.25, 0.3) is 0 Å². The normalized spacial score (nSPS) is 28.2. The van der Waals surface area contributed by atoms with Crippen molar-refractivity contribution in [2.24, 2.45) is 11.8 Å². The number of para-hydroxylation sites is 1. The van der Waals surface area contributed by atoms with Crippen LogP contribution < -0.4 is 4.74 Å². The van der Waals surface area contributed by atoms with Gasteiger partial charge in [0.1, 0.15) is 11.9 Å². The molecule has 2 saturated carbocycles. The fraction of sp³-hybridized carbons (Fsp3) is 0.583.